The first-order chi connectivity index (χ1) is 6.72. The molecular formula is C10H21ClN2O2. The van der Waals surface area contributed by atoms with Gasteiger partial charge < -0.3 is 15.7 Å². The smallest absolute Gasteiger partial charge is 0.407 e. The first-order valence-corrected chi connectivity index (χ1v) is 5.01. The molecule has 0 aliphatic carbocycles. The van der Waals surface area contributed by atoms with Crippen molar-refractivity contribution in [2.24, 2.45) is 5.73 Å². The van der Waals surface area contributed by atoms with Gasteiger partial charge in [0.1, 0.15) is 0 Å². The summed E-state index contributed by atoms with van der Waals surface area (Å²) in [6, 6.07) is 0. The third kappa shape index (κ3) is 9.56. The summed E-state index contributed by atoms with van der Waals surface area (Å²) in [7, 11) is 0. The van der Waals surface area contributed by atoms with Crippen molar-refractivity contribution in [1.82, 2.24) is 4.90 Å². The van der Waals surface area contributed by atoms with Crippen molar-refractivity contribution >= 4 is 18.5 Å². The van der Waals surface area contributed by atoms with Crippen LogP contribution >= 0.6 is 12.4 Å². The zero-order valence-corrected chi connectivity index (χ0v) is 9.84. The molecule has 3 N–H and O–H groups in total. The highest BCUT2D eigenvalue weighted by Gasteiger charge is 2.07. The van der Waals surface area contributed by atoms with E-state index >= 15 is 0 Å². The number of nitrogens with two attached hydrogens (primary N) is 1. The second kappa shape index (κ2) is 11.3. The Kier molecular flexibility index (Phi) is 12.6. The minimum atomic E-state index is -0.872. The Morgan fingerprint density at radius 1 is 1.33 bits per heavy atom. The molecule has 0 aliphatic heterocycles. The SMILES string of the molecule is C=CCN(CCCCCCN)C(=O)O.Cl. The van der Waals surface area contributed by atoms with Gasteiger partial charge in [-0.05, 0) is 19.4 Å². The second-order valence-electron chi connectivity index (χ2n) is 3.22. The number of unbranched alkanes of at least 4 members (excludes halogenated alkanes) is 3. The Morgan fingerprint density at radius 2 is 1.93 bits per heavy atom. The first-order valence-electron chi connectivity index (χ1n) is 5.01. The van der Waals surface area contributed by atoms with Crippen molar-refractivity contribution in [3.8, 4) is 0 Å². The predicted octanol–water partition coefficient (Wildman–Crippen LogP) is 2.09. The van der Waals surface area contributed by atoms with E-state index in [9.17, 15) is 4.79 Å². The largest absolute Gasteiger partial charge is 0.465 e. The van der Waals surface area contributed by atoms with Crippen LogP contribution in [0.5, 0.6) is 0 Å². The zero-order chi connectivity index (χ0) is 10.8. The number of hydrogen-bond donors (Lipinski definition) is 2. The Labute approximate surface area is 97.5 Å². The molecule has 4 nitrogen and oxygen atoms in total. The van der Waals surface area contributed by atoms with E-state index in [2.05, 4.69) is 6.58 Å². The van der Waals surface area contributed by atoms with Crippen LogP contribution in [0.3, 0.4) is 0 Å². The van der Waals surface area contributed by atoms with Gasteiger partial charge in [-0.25, -0.2) is 4.79 Å². The molecule has 0 radical (unpaired) electrons. The van der Waals surface area contributed by atoms with E-state index in [1.807, 2.05) is 0 Å². The van der Waals surface area contributed by atoms with Crippen LogP contribution in [0.4, 0.5) is 4.79 Å². The lowest BCUT2D eigenvalue weighted by atomic mass is 10.2. The van der Waals surface area contributed by atoms with Gasteiger partial charge in [0.2, 0.25) is 0 Å². The van der Waals surface area contributed by atoms with Gasteiger partial charge >= 0.3 is 6.09 Å². The molecule has 0 atom stereocenters. The molecule has 0 aromatic rings. The molecule has 0 aromatic carbocycles. The molecule has 0 saturated carbocycles. The number of halogens is 1. The molecule has 0 aliphatic rings. The van der Waals surface area contributed by atoms with Crippen LogP contribution in [-0.4, -0.2) is 35.7 Å². The molecule has 0 aromatic heterocycles. The molecule has 0 spiro atoms. The van der Waals surface area contributed by atoms with E-state index in [1.165, 1.54) is 4.90 Å². The lowest BCUT2D eigenvalue weighted by molar-refractivity contribution is 0.149. The van der Waals surface area contributed by atoms with Crippen molar-refractivity contribution < 1.29 is 9.90 Å². The molecule has 0 rings (SSSR count). The quantitative estimate of drug-likeness (QED) is 0.501. The maximum absolute atomic E-state index is 10.7. The minimum absolute atomic E-state index is 0. The Balaban J connectivity index is 0. The van der Waals surface area contributed by atoms with Crippen LogP contribution in [0.25, 0.3) is 0 Å². The highest BCUT2D eigenvalue weighted by molar-refractivity contribution is 5.85. The minimum Gasteiger partial charge on any atom is -0.465 e. The van der Waals surface area contributed by atoms with E-state index in [1.54, 1.807) is 6.08 Å². The maximum Gasteiger partial charge on any atom is 0.407 e. The second-order valence-corrected chi connectivity index (χ2v) is 3.22. The summed E-state index contributed by atoms with van der Waals surface area (Å²) in [5.74, 6) is 0. The van der Waals surface area contributed by atoms with Crippen LogP contribution in [0.1, 0.15) is 25.7 Å². The van der Waals surface area contributed by atoms with Crippen LogP contribution in [-0.2, 0) is 0 Å². The first kappa shape index (κ1) is 16.7. The molecule has 0 heterocycles. The summed E-state index contributed by atoms with van der Waals surface area (Å²) in [6.45, 7) is 5.23. The summed E-state index contributed by atoms with van der Waals surface area (Å²) >= 11 is 0. The van der Waals surface area contributed by atoms with E-state index in [0.717, 1.165) is 32.2 Å². The molecule has 0 saturated heterocycles. The zero-order valence-electron chi connectivity index (χ0n) is 9.02. The van der Waals surface area contributed by atoms with Gasteiger partial charge in [-0.3, -0.25) is 0 Å². The Morgan fingerprint density at radius 3 is 2.40 bits per heavy atom. The average molecular weight is 237 g/mol. The fraction of sp³-hybridized carbons (Fsp3) is 0.700. The summed E-state index contributed by atoms with van der Waals surface area (Å²) in [6.07, 6.45) is 4.78. The Hall–Kier alpha value is -0.740. The van der Waals surface area contributed by atoms with Gasteiger partial charge in [0, 0.05) is 13.1 Å². The highest BCUT2D eigenvalue weighted by atomic mass is 35.5. The summed E-state index contributed by atoms with van der Waals surface area (Å²) < 4.78 is 0. The molecule has 0 unspecified atom stereocenters. The summed E-state index contributed by atoms with van der Waals surface area (Å²) in [5.41, 5.74) is 5.35. The monoisotopic (exact) mass is 236 g/mol. The van der Waals surface area contributed by atoms with Gasteiger partial charge in [0.15, 0.2) is 0 Å². The number of carbonyl (C=O) groups is 1. The molecule has 5 heteroatoms. The van der Waals surface area contributed by atoms with Crippen LogP contribution in [0.2, 0.25) is 0 Å². The van der Waals surface area contributed by atoms with Gasteiger partial charge in [-0.2, -0.15) is 0 Å². The van der Waals surface area contributed by atoms with Gasteiger partial charge in [0.25, 0.3) is 0 Å². The maximum atomic E-state index is 10.7. The van der Waals surface area contributed by atoms with Crippen molar-refractivity contribution in [2.45, 2.75) is 25.7 Å². The Bertz CT molecular complexity index is 177. The molecule has 0 fully saturated rings. The lowest BCUT2D eigenvalue weighted by Crippen LogP contribution is -2.30. The number of amides is 1. The number of rotatable bonds is 8. The van der Waals surface area contributed by atoms with Crippen LogP contribution in [0.15, 0.2) is 12.7 Å². The number of nitrogens with zero attached hydrogens (tertiary/aromatic N) is 1. The van der Waals surface area contributed by atoms with Gasteiger partial charge in [0.05, 0.1) is 0 Å². The van der Waals surface area contributed by atoms with E-state index in [4.69, 9.17) is 10.8 Å². The molecule has 15 heavy (non-hydrogen) atoms. The molecular weight excluding hydrogens is 216 g/mol. The highest BCUT2D eigenvalue weighted by Crippen LogP contribution is 2.01. The topological polar surface area (TPSA) is 66.6 Å². The van der Waals surface area contributed by atoms with E-state index in [0.29, 0.717) is 13.1 Å². The summed E-state index contributed by atoms with van der Waals surface area (Å²) in [5, 5.41) is 8.77. The van der Waals surface area contributed by atoms with E-state index in [-0.39, 0.29) is 12.4 Å². The number of carboxylic acid groups (broad SMARTS) is 1. The third-order valence-corrected chi connectivity index (χ3v) is 2.00. The van der Waals surface area contributed by atoms with Crippen molar-refractivity contribution in [3.05, 3.63) is 12.7 Å². The normalized spacial score (nSPS) is 9.13. The summed E-state index contributed by atoms with van der Waals surface area (Å²) in [4.78, 5) is 12.0. The predicted molar refractivity (Wildman–Crippen MR) is 64.6 cm³/mol. The van der Waals surface area contributed by atoms with E-state index < -0.39 is 6.09 Å². The van der Waals surface area contributed by atoms with Gasteiger partial charge in [-0.15, -0.1) is 19.0 Å². The van der Waals surface area contributed by atoms with Gasteiger partial charge in [-0.1, -0.05) is 18.9 Å². The van der Waals surface area contributed by atoms with Crippen LogP contribution < -0.4 is 5.73 Å². The standard InChI is InChI=1S/C10H20N2O2.ClH/c1-2-8-12(10(13)14)9-6-4-3-5-7-11;/h2H,1,3-9,11H2,(H,13,14);1H. The van der Waals surface area contributed by atoms with Crippen molar-refractivity contribution in [1.29, 1.82) is 0 Å². The fourth-order valence-electron chi connectivity index (χ4n) is 1.22. The molecule has 90 valence electrons. The molecule has 1 amide bonds. The molecule has 0 bridgehead atoms. The number of hydrogen-bond acceptors (Lipinski definition) is 2. The van der Waals surface area contributed by atoms with Crippen molar-refractivity contribution in [2.75, 3.05) is 19.6 Å². The van der Waals surface area contributed by atoms with Crippen LogP contribution in [0, 0.1) is 0 Å². The van der Waals surface area contributed by atoms with Crippen molar-refractivity contribution in [3.63, 3.8) is 0 Å². The fourth-order valence-corrected chi connectivity index (χ4v) is 1.22. The third-order valence-electron chi connectivity index (χ3n) is 2.00. The average Bonchev–Trinajstić information content (AvgIpc) is 2.15. The lowest BCUT2D eigenvalue weighted by Gasteiger charge is -2.16.